The molecule has 0 aromatic heterocycles. The van der Waals surface area contributed by atoms with Crippen LogP contribution in [-0.2, 0) is 0 Å². The second kappa shape index (κ2) is 5.59. The van der Waals surface area contributed by atoms with E-state index in [1.54, 1.807) is 7.11 Å². The minimum atomic E-state index is -0.698. The van der Waals surface area contributed by atoms with E-state index in [9.17, 15) is 5.11 Å². The molecule has 4 nitrogen and oxygen atoms in total. The first-order valence-corrected chi connectivity index (χ1v) is 6.49. The Kier molecular flexibility index (Phi) is 4.09. The van der Waals surface area contributed by atoms with Crippen LogP contribution in [0.2, 0.25) is 0 Å². The molecule has 0 saturated carbocycles. The summed E-state index contributed by atoms with van der Waals surface area (Å²) in [6.45, 7) is 2.09. The van der Waals surface area contributed by atoms with Gasteiger partial charge in [-0.3, -0.25) is 0 Å². The number of methoxy groups -OCH3 is 1. The highest BCUT2D eigenvalue weighted by molar-refractivity contribution is 5.58. The Labute approximate surface area is 108 Å². The zero-order valence-electron chi connectivity index (χ0n) is 10.9. The topological polar surface area (TPSA) is 58.7 Å². The lowest BCUT2D eigenvalue weighted by molar-refractivity contribution is 0.0375. The average molecular weight is 250 g/mol. The molecular formula is C14H22N2O2. The molecule has 2 rings (SSSR count). The highest BCUT2D eigenvalue weighted by Gasteiger charge is 2.29. The van der Waals surface area contributed by atoms with Crippen LogP contribution in [0, 0.1) is 0 Å². The number of para-hydroxylation sites is 2. The number of hydrogen-bond donors (Lipinski definition) is 2. The van der Waals surface area contributed by atoms with Gasteiger partial charge < -0.3 is 20.5 Å². The van der Waals surface area contributed by atoms with Crippen LogP contribution in [0.4, 0.5) is 5.69 Å². The standard InChI is InChI=1S/C14H22N2O2/c1-18-13-6-3-2-5-12(13)16-9-4-7-14(17,11-15)8-10-16/h2-3,5-6,17H,4,7-11,15H2,1H3. The summed E-state index contributed by atoms with van der Waals surface area (Å²) in [6.07, 6.45) is 2.43. The minimum absolute atomic E-state index is 0.340. The maximum atomic E-state index is 10.3. The predicted molar refractivity (Wildman–Crippen MR) is 73.1 cm³/mol. The molecule has 1 fully saturated rings. The van der Waals surface area contributed by atoms with Crippen LogP contribution in [-0.4, -0.2) is 37.5 Å². The third-order valence-electron chi connectivity index (χ3n) is 3.72. The number of hydrogen-bond acceptors (Lipinski definition) is 4. The summed E-state index contributed by atoms with van der Waals surface area (Å²) < 4.78 is 5.39. The molecule has 0 spiro atoms. The van der Waals surface area contributed by atoms with Crippen molar-refractivity contribution in [2.45, 2.75) is 24.9 Å². The number of benzene rings is 1. The van der Waals surface area contributed by atoms with Gasteiger partial charge >= 0.3 is 0 Å². The molecule has 100 valence electrons. The van der Waals surface area contributed by atoms with Crippen LogP contribution >= 0.6 is 0 Å². The fourth-order valence-electron chi connectivity index (χ4n) is 2.51. The molecule has 1 aromatic rings. The molecule has 18 heavy (non-hydrogen) atoms. The van der Waals surface area contributed by atoms with E-state index in [-0.39, 0.29) is 0 Å². The van der Waals surface area contributed by atoms with Gasteiger partial charge in [-0.15, -0.1) is 0 Å². The van der Waals surface area contributed by atoms with E-state index < -0.39 is 5.60 Å². The maximum absolute atomic E-state index is 10.3. The molecule has 1 unspecified atom stereocenters. The molecule has 0 aliphatic carbocycles. The quantitative estimate of drug-likeness (QED) is 0.851. The highest BCUT2D eigenvalue weighted by Crippen LogP contribution is 2.31. The van der Waals surface area contributed by atoms with Crippen molar-refractivity contribution in [3.8, 4) is 5.75 Å². The Morgan fingerprint density at radius 3 is 2.83 bits per heavy atom. The zero-order valence-corrected chi connectivity index (χ0v) is 10.9. The molecule has 1 atom stereocenters. The van der Waals surface area contributed by atoms with Gasteiger partial charge in [-0.25, -0.2) is 0 Å². The molecule has 1 heterocycles. The summed E-state index contributed by atoms with van der Waals surface area (Å²) in [5, 5.41) is 10.3. The molecule has 3 N–H and O–H groups in total. The van der Waals surface area contributed by atoms with Crippen LogP contribution in [0.25, 0.3) is 0 Å². The first-order chi connectivity index (χ1) is 8.68. The van der Waals surface area contributed by atoms with Crippen LogP contribution < -0.4 is 15.4 Å². The van der Waals surface area contributed by atoms with Crippen molar-refractivity contribution in [2.24, 2.45) is 5.73 Å². The van der Waals surface area contributed by atoms with Gasteiger partial charge in [-0.2, -0.15) is 0 Å². The molecule has 0 bridgehead atoms. The third kappa shape index (κ3) is 2.76. The maximum Gasteiger partial charge on any atom is 0.142 e. The first-order valence-electron chi connectivity index (χ1n) is 6.49. The summed E-state index contributed by atoms with van der Waals surface area (Å²) >= 11 is 0. The van der Waals surface area contributed by atoms with Gasteiger partial charge in [-0.1, -0.05) is 12.1 Å². The first kappa shape index (κ1) is 13.2. The summed E-state index contributed by atoms with van der Waals surface area (Å²) in [6, 6.07) is 8.01. The zero-order chi connectivity index (χ0) is 13.0. The minimum Gasteiger partial charge on any atom is -0.495 e. The molecule has 1 aromatic carbocycles. The number of ether oxygens (including phenoxy) is 1. The number of nitrogens with zero attached hydrogens (tertiary/aromatic N) is 1. The fraction of sp³-hybridized carbons (Fsp3) is 0.571. The number of anilines is 1. The van der Waals surface area contributed by atoms with Gasteiger partial charge in [0.25, 0.3) is 0 Å². The van der Waals surface area contributed by atoms with Crippen molar-refractivity contribution in [1.29, 1.82) is 0 Å². The van der Waals surface area contributed by atoms with E-state index in [4.69, 9.17) is 10.5 Å². The Balaban J connectivity index is 2.14. The highest BCUT2D eigenvalue weighted by atomic mass is 16.5. The number of aliphatic hydroxyl groups is 1. The summed E-state index contributed by atoms with van der Waals surface area (Å²) in [5.74, 6) is 0.885. The van der Waals surface area contributed by atoms with Crippen molar-refractivity contribution in [3.05, 3.63) is 24.3 Å². The molecule has 0 radical (unpaired) electrons. The molecule has 1 aliphatic rings. The lowest BCUT2D eigenvalue weighted by Gasteiger charge is -2.26. The summed E-state index contributed by atoms with van der Waals surface area (Å²) in [7, 11) is 1.69. The van der Waals surface area contributed by atoms with E-state index in [1.165, 1.54) is 0 Å². The largest absolute Gasteiger partial charge is 0.495 e. The van der Waals surface area contributed by atoms with Crippen molar-refractivity contribution >= 4 is 5.69 Å². The van der Waals surface area contributed by atoms with E-state index in [2.05, 4.69) is 11.0 Å². The van der Waals surface area contributed by atoms with Gasteiger partial charge in [0, 0.05) is 19.6 Å². The summed E-state index contributed by atoms with van der Waals surface area (Å²) in [4.78, 5) is 2.27. The molecule has 4 heteroatoms. The second-order valence-electron chi connectivity index (χ2n) is 4.94. The smallest absolute Gasteiger partial charge is 0.142 e. The van der Waals surface area contributed by atoms with Crippen LogP contribution in [0.1, 0.15) is 19.3 Å². The Hall–Kier alpha value is -1.26. The van der Waals surface area contributed by atoms with Gasteiger partial charge in [0.05, 0.1) is 18.4 Å². The van der Waals surface area contributed by atoms with Gasteiger partial charge in [0.15, 0.2) is 0 Å². The lowest BCUT2D eigenvalue weighted by Crippen LogP contribution is -2.38. The van der Waals surface area contributed by atoms with Crippen molar-refractivity contribution < 1.29 is 9.84 Å². The van der Waals surface area contributed by atoms with E-state index in [0.29, 0.717) is 13.0 Å². The SMILES string of the molecule is COc1ccccc1N1CCCC(O)(CN)CC1. The lowest BCUT2D eigenvalue weighted by atomic mass is 9.95. The van der Waals surface area contributed by atoms with Crippen molar-refractivity contribution in [1.82, 2.24) is 0 Å². The van der Waals surface area contributed by atoms with Crippen LogP contribution in [0.5, 0.6) is 5.75 Å². The Morgan fingerprint density at radius 2 is 2.11 bits per heavy atom. The molecule has 1 saturated heterocycles. The summed E-state index contributed by atoms with van der Waals surface area (Å²) in [5.41, 5.74) is 6.05. The normalized spacial score (nSPS) is 24.7. The van der Waals surface area contributed by atoms with Gasteiger partial charge in [-0.05, 0) is 31.4 Å². The average Bonchev–Trinajstić information content (AvgIpc) is 2.61. The van der Waals surface area contributed by atoms with E-state index >= 15 is 0 Å². The second-order valence-corrected chi connectivity index (χ2v) is 4.94. The fourth-order valence-corrected chi connectivity index (χ4v) is 2.51. The Bertz CT molecular complexity index is 397. The van der Waals surface area contributed by atoms with Crippen LogP contribution in [0.3, 0.4) is 0 Å². The number of nitrogens with two attached hydrogens (primary N) is 1. The van der Waals surface area contributed by atoms with Gasteiger partial charge in [0.1, 0.15) is 5.75 Å². The molecular weight excluding hydrogens is 228 g/mol. The Morgan fingerprint density at radius 1 is 1.33 bits per heavy atom. The molecule has 1 aliphatic heterocycles. The molecule has 0 amide bonds. The monoisotopic (exact) mass is 250 g/mol. The number of rotatable bonds is 3. The van der Waals surface area contributed by atoms with Crippen LogP contribution in [0.15, 0.2) is 24.3 Å². The predicted octanol–water partition coefficient (Wildman–Crippen LogP) is 1.38. The van der Waals surface area contributed by atoms with Crippen molar-refractivity contribution in [2.75, 3.05) is 31.6 Å². The van der Waals surface area contributed by atoms with E-state index in [1.807, 2.05) is 18.2 Å². The van der Waals surface area contributed by atoms with E-state index in [0.717, 1.165) is 37.4 Å². The van der Waals surface area contributed by atoms with Gasteiger partial charge in [0.2, 0.25) is 0 Å². The third-order valence-corrected chi connectivity index (χ3v) is 3.72. The van der Waals surface area contributed by atoms with Crippen molar-refractivity contribution in [3.63, 3.8) is 0 Å².